The maximum Gasteiger partial charge on any atom is 0.0979 e. The van der Waals surface area contributed by atoms with Gasteiger partial charge in [0.05, 0.1) is 67.3 Å². The van der Waals surface area contributed by atoms with Gasteiger partial charge in [-0.05, 0) is 183 Å². The van der Waals surface area contributed by atoms with E-state index in [0.717, 1.165) is 144 Å². The second-order valence-corrected chi connectivity index (χ2v) is 34.2. The van der Waals surface area contributed by atoms with Crippen molar-refractivity contribution in [2.45, 2.75) is 0 Å². The molecule has 0 atom stereocenters. The fourth-order valence-electron chi connectivity index (χ4n) is 20.0. The Hall–Kier alpha value is -17.6. The van der Waals surface area contributed by atoms with Crippen LogP contribution in [0.4, 0.5) is 0 Å². The molecule has 0 spiro atoms. The Morgan fingerprint density at radius 2 is 0.356 bits per heavy atom. The monoisotopic (exact) mass is 1670 g/mol. The highest BCUT2D eigenvalue weighted by molar-refractivity contribution is 6.25. The van der Waals surface area contributed by atoms with Crippen molar-refractivity contribution in [3.8, 4) is 101 Å². The average Bonchev–Trinajstić information content (AvgIpc) is 0.715. The number of nitrogens with zero attached hydrogens (tertiary/aromatic N) is 6. The Labute approximate surface area is 761 Å². The Balaban J connectivity index is 0.000000107. The Kier molecular flexibility index (Phi) is 18.8. The highest BCUT2D eigenvalue weighted by Gasteiger charge is 2.24. The van der Waals surface area contributed by atoms with Crippen LogP contribution in [0.2, 0.25) is 0 Å². The average molecular weight is 1680 g/mol. The van der Waals surface area contributed by atoms with Crippen LogP contribution in [0.15, 0.2) is 473 Å². The molecule has 0 aliphatic rings. The smallest absolute Gasteiger partial charge is 0.0979 e. The lowest BCUT2D eigenvalue weighted by Gasteiger charge is -2.16. The lowest BCUT2D eigenvalue weighted by Crippen LogP contribution is -1.98. The molecule has 3 heterocycles. The number of para-hydroxylation sites is 1. The molecule has 27 rings (SSSR count). The number of rotatable bonds is 9. The third-order valence-corrected chi connectivity index (χ3v) is 26.5. The van der Waals surface area contributed by atoms with Crippen molar-refractivity contribution < 1.29 is 0 Å². The van der Waals surface area contributed by atoms with Crippen molar-refractivity contribution in [2.24, 2.45) is 0 Å². The molecule has 27 aromatic rings. The van der Waals surface area contributed by atoms with E-state index in [2.05, 4.69) is 461 Å². The second kappa shape index (κ2) is 32.4. The first kappa shape index (κ1) is 76.8. The minimum absolute atomic E-state index is 0.880. The lowest BCUT2D eigenvalue weighted by atomic mass is 9.93. The minimum Gasteiger partial charge on any atom is -0.244 e. The molecule has 6 heteroatoms. The molecule has 0 aliphatic heterocycles. The van der Waals surface area contributed by atoms with Crippen molar-refractivity contribution >= 4 is 162 Å². The molecule has 612 valence electrons. The summed E-state index contributed by atoms with van der Waals surface area (Å²) in [7, 11) is 0. The zero-order chi connectivity index (χ0) is 87.1. The molecule has 0 saturated carbocycles. The maximum atomic E-state index is 5.58. The zero-order valence-electron chi connectivity index (χ0n) is 71.7. The number of hydrogen-bond acceptors (Lipinski definition) is 6. The molecule has 24 aromatic carbocycles. The van der Waals surface area contributed by atoms with Crippen LogP contribution in [0.25, 0.3) is 263 Å². The van der Waals surface area contributed by atoms with Crippen molar-refractivity contribution in [3.63, 3.8) is 0 Å². The van der Waals surface area contributed by atoms with E-state index < -0.39 is 0 Å². The summed E-state index contributed by atoms with van der Waals surface area (Å²) >= 11 is 0. The van der Waals surface area contributed by atoms with E-state index >= 15 is 0 Å². The van der Waals surface area contributed by atoms with Gasteiger partial charge in [0.25, 0.3) is 0 Å². The van der Waals surface area contributed by atoms with Crippen molar-refractivity contribution in [2.75, 3.05) is 0 Å². The van der Waals surface area contributed by atoms with Crippen LogP contribution < -0.4 is 0 Å². The molecule has 0 aliphatic carbocycles. The zero-order valence-corrected chi connectivity index (χ0v) is 71.7. The van der Waals surface area contributed by atoms with Crippen LogP contribution in [0.5, 0.6) is 0 Å². The summed E-state index contributed by atoms with van der Waals surface area (Å²) in [6.07, 6.45) is 0. The van der Waals surface area contributed by atoms with Gasteiger partial charge < -0.3 is 0 Å². The van der Waals surface area contributed by atoms with Crippen LogP contribution in [0.1, 0.15) is 0 Å². The molecule has 0 bridgehead atoms. The standard InChI is InChI=1S/C46H28N2.C42H26N2.C38H24N2/c1-2-11-29(12-3-1)32-14-10-15-33(27-32)43-44(48-46-41-20-9-7-18-37(41)36-17-6-8-19-40(36)45(46)47-43)34-22-21-31-24-25-38-35-16-5-4-13-30(35)23-26-39(38)42(31)28-34;1-2-9-27(10-3-1)31-13-8-14-32(25-31)41-40(43-39-24-21-29-12-5-7-16-35(29)42(39)44-41)33-18-17-30-20-22-36-34-15-6-4-11-28(34)19-23-37(36)38(30)26-33;1-3-11-27(12-4-1)36-37(28-13-5-2-6-14-28)40-38-31(16-9-17-35(38)39-36)29-19-18-26-21-22-32-30-15-8-7-10-25(30)20-23-33(32)34(26)24-29/h1-28H;1-26H;1-24H. The van der Waals surface area contributed by atoms with E-state index in [-0.39, 0.29) is 0 Å². The minimum atomic E-state index is 0.880. The predicted molar refractivity (Wildman–Crippen MR) is 558 cm³/mol. The topological polar surface area (TPSA) is 77.3 Å². The molecule has 0 saturated heterocycles. The molecule has 0 radical (unpaired) electrons. The lowest BCUT2D eigenvalue weighted by molar-refractivity contribution is 1.29. The normalized spacial score (nSPS) is 11.6. The summed E-state index contributed by atoms with van der Waals surface area (Å²) in [4.78, 5) is 32.4. The molecule has 0 unspecified atom stereocenters. The number of aromatic nitrogens is 6. The van der Waals surface area contributed by atoms with E-state index in [0.29, 0.717) is 0 Å². The van der Waals surface area contributed by atoms with Gasteiger partial charge in [-0.25, -0.2) is 29.9 Å². The van der Waals surface area contributed by atoms with Gasteiger partial charge in [-0.1, -0.05) is 431 Å². The Bertz CT molecular complexity index is 9350. The summed E-state index contributed by atoms with van der Waals surface area (Å²) in [6, 6.07) is 168. The maximum absolute atomic E-state index is 5.58. The van der Waals surface area contributed by atoms with E-state index in [1.807, 2.05) is 12.1 Å². The highest BCUT2D eigenvalue weighted by Crippen LogP contribution is 2.46. The SMILES string of the molecule is c1ccc(-c2cccc(-c3nc4c(ccc5ccccc54)nc3-c3ccc4ccc5c6ccccc6ccc5c4c3)c2)cc1.c1ccc(-c2cccc(-c3nc4c5ccccc5c5ccccc5c4nc3-c3ccc4ccc5c6ccccc6ccc5c4c3)c2)cc1.c1ccc(-c2nc3cccc(-c4ccc5ccc6c7ccccc7ccc6c5c4)c3nc2-c2ccccc2)cc1. The summed E-state index contributed by atoms with van der Waals surface area (Å²) in [5.74, 6) is 0. The van der Waals surface area contributed by atoms with Gasteiger partial charge in [-0.2, -0.15) is 0 Å². The third-order valence-electron chi connectivity index (χ3n) is 26.5. The summed E-state index contributed by atoms with van der Waals surface area (Å²) in [5, 5.41) is 29.3. The van der Waals surface area contributed by atoms with Crippen molar-refractivity contribution in [1.29, 1.82) is 0 Å². The van der Waals surface area contributed by atoms with E-state index in [4.69, 9.17) is 29.9 Å². The van der Waals surface area contributed by atoms with Crippen molar-refractivity contribution in [3.05, 3.63) is 473 Å². The van der Waals surface area contributed by atoms with Gasteiger partial charge in [0, 0.05) is 55.1 Å². The Morgan fingerprint density at radius 3 is 0.788 bits per heavy atom. The van der Waals surface area contributed by atoms with Crippen LogP contribution in [0.3, 0.4) is 0 Å². The van der Waals surface area contributed by atoms with Gasteiger partial charge >= 0.3 is 0 Å². The number of benzene rings is 24. The largest absolute Gasteiger partial charge is 0.244 e. The molecule has 3 aromatic heterocycles. The van der Waals surface area contributed by atoms with Gasteiger partial charge in [0.1, 0.15) is 0 Å². The number of hydrogen-bond donors (Lipinski definition) is 0. The summed E-state index contributed by atoms with van der Waals surface area (Å²) in [5.41, 5.74) is 24.0. The first-order valence-electron chi connectivity index (χ1n) is 45.0. The molecular weight excluding hydrogens is 1600 g/mol. The Morgan fingerprint density at radius 1 is 0.106 bits per heavy atom. The highest BCUT2D eigenvalue weighted by atomic mass is 14.9. The molecule has 0 fully saturated rings. The fourth-order valence-corrected chi connectivity index (χ4v) is 20.0. The molecule has 0 N–H and O–H groups in total. The predicted octanol–water partition coefficient (Wildman–Crippen LogP) is 33.7. The first-order chi connectivity index (χ1) is 65.4. The van der Waals surface area contributed by atoms with E-state index in [1.165, 1.54) is 119 Å². The molecule has 132 heavy (non-hydrogen) atoms. The fraction of sp³-hybridized carbons (Fsp3) is 0. The third kappa shape index (κ3) is 13.6. The van der Waals surface area contributed by atoms with E-state index in [9.17, 15) is 0 Å². The summed E-state index contributed by atoms with van der Waals surface area (Å²) in [6.45, 7) is 0. The molecule has 0 amide bonds. The number of fused-ring (bicyclic) bond motifs is 25. The van der Waals surface area contributed by atoms with Crippen LogP contribution >= 0.6 is 0 Å². The second-order valence-electron chi connectivity index (χ2n) is 34.2. The van der Waals surface area contributed by atoms with Gasteiger partial charge in [0.2, 0.25) is 0 Å². The van der Waals surface area contributed by atoms with Crippen molar-refractivity contribution in [1.82, 2.24) is 29.9 Å². The van der Waals surface area contributed by atoms with Gasteiger partial charge in [-0.15, -0.1) is 0 Å². The summed E-state index contributed by atoms with van der Waals surface area (Å²) < 4.78 is 0. The quantitative estimate of drug-likeness (QED) is 0.134. The van der Waals surface area contributed by atoms with Gasteiger partial charge in [-0.3, -0.25) is 0 Å². The van der Waals surface area contributed by atoms with Gasteiger partial charge in [0.15, 0.2) is 0 Å². The molecule has 6 nitrogen and oxygen atoms in total. The first-order valence-corrected chi connectivity index (χ1v) is 45.0. The van der Waals surface area contributed by atoms with Crippen LogP contribution in [-0.4, -0.2) is 29.9 Å². The van der Waals surface area contributed by atoms with Crippen LogP contribution in [-0.2, 0) is 0 Å². The van der Waals surface area contributed by atoms with Crippen LogP contribution in [0, 0.1) is 0 Å². The molecular formula is C126H78N6. The van der Waals surface area contributed by atoms with E-state index in [1.54, 1.807) is 0 Å².